The van der Waals surface area contributed by atoms with Gasteiger partial charge in [-0.25, -0.2) is 4.98 Å². The molecule has 0 N–H and O–H groups in total. The highest BCUT2D eigenvalue weighted by atomic mass is 32.1. The number of thiazole rings is 1. The van der Waals surface area contributed by atoms with Gasteiger partial charge in [-0.05, 0) is 38.7 Å². The molecular formula is C22H29N3O3S. The summed E-state index contributed by atoms with van der Waals surface area (Å²) in [7, 11) is 3.53. The van der Waals surface area contributed by atoms with E-state index in [2.05, 4.69) is 4.90 Å². The predicted octanol–water partition coefficient (Wildman–Crippen LogP) is 3.27. The Morgan fingerprint density at radius 2 is 2.21 bits per heavy atom. The minimum Gasteiger partial charge on any atom is -0.497 e. The van der Waals surface area contributed by atoms with E-state index < -0.39 is 0 Å². The second kappa shape index (κ2) is 8.71. The number of fused-ring (bicyclic) bond motifs is 2. The predicted molar refractivity (Wildman–Crippen MR) is 114 cm³/mol. The first-order valence-electron chi connectivity index (χ1n) is 10.3. The molecule has 0 fully saturated rings. The van der Waals surface area contributed by atoms with Crippen LogP contribution in [0.15, 0.2) is 18.2 Å². The lowest BCUT2D eigenvalue weighted by molar-refractivity contribution is -0.131. The van der Waals surface area contributed by atoms with E-state index in [0.717, 1.165) is 34.9 Å². The molecule has 1 unspecified atom stereocenters. The van der Waals surface area contributed by atoms with Gasteiger partial charge in [0.25, 0.3) is 0 Å². The first kappa shape index (κ1) is 20.2. The van der Waals surface area contributed by atoms with Gasteiger partial charge in [0.05, 0.1) is 25.9 Å². The Kier molecular flexibility index (Phi) is 6.06. The molecule has 0 bridgehead atoms. The summed E-state index contributed by atoms with van der Waals surface area (Å²) in [6, 6.07) is 5.88. The summed E-state index contributed by atoms with van der Waals surface area (Å²) in [5.74, 6) is 1.74. The zero-order valence-electron chi connectivity index (χ0n) is 17.4. The molecule has 6 nitrogen and oxygen atoms in total. The fourth-order valence-corrected chi connectivity index (χ4v) is 5.23. The second-order valence-corrected chi connectivity index (χ2v) is 9.17. The highest BCUT2D eigenvalue weighted by molar-refractivity contribution is 7.11. The number of likely N-dealkylation sites (N-methyl/N-ethyl adjacent to an activating group) is 1. The number of benzene rings is 1. The molecule has 1 amide bonds. The van der Waals surface area contributed by atoms with Crippen molar-refractivity contribution in [2.75, 3.05) is 27.2 Å². The number of aromatic nitrogens is 1. The van der Waals surface area contributed by atoms with Crippen LogP contribution >= 0.6 is 11.3 Å². The number of hydrogen-bond donors (Lipinski definition) is 0. The molecule has 0 spiro atoms. The summed E-state index contributed by atoms with van der Waals surface area (Å²) < 4.78 is 11.4. The third-order valence-corrected chi connectivity index (χ3v) is 6.70. The first-order valence-corrected chi connectivity index (χ1v) is 11.1. The third-order valence-electron chi connectivity index (χ3n) is 5.56. The van der Waals surface area contributed by atoms with Crippen LogP contribution in [0.5, 0.6) is 11.5 Å². The van der Waals surface area contributed by atoms with E-state index in [4.69, 9.17) is 14.5 Å². The zero-order valence-corrected chi connectivity index (χ0v) is 18.3. The highest BCUT2D eigenvalue weighted by Crippen LogP contribution is 2.30. The van der Waals surface area contributed by atoms with Gasteiger partial charge in [-0.2, -0.15) is 0 Å². The number of ether oxygens (including phenoxy) is 2. The normalized spacial score (nSPS) is 18.9. The van der Waals surface area contributed by atoms with E-state index in [9.17, 15) is 4.79 Å². The van der Waals surface area contributed by atoms with Crippen LogP contribution in [0.4, 0.5) is 0 Å². The standard InChI is InChI=1S/C22H29N3O3S/c1-15-11-25(12-16-8-9-17(27-3)10-19(16)28-15)14-22(26)24(2)13-21-23-18-6-4-5-7-20(18)29-21/h8-10,15H,4-7,11-14H2,1-3H3. The van der Waals surface area contributed by atoms with E-state index in [-0.39, 0.29) is 12.0 Å². The maximum Gasteiger partial charge on any atom is 0.236 e. The molecule has 1 atom stereocenters. The van der Waals surface area contributed by atoms with Crippen LogP contribution in [-0.4, -0.2) is 54.0 Å². The fourth-order valence-electron chi connectivity index (χ4n) is 4.02. The molecule has 2 aliphatic rings. The Balaban J connectivity index is 1.39. The number of carbonyl (C=O) groups excluding carboxylic acids is 1. The average molecular weight is 416 g/mol. The summed E-state index contributed by atoms with van der Waals surface area (Å²) in [5.41, 5.74) is 2.33. The van der Waals surface area contributed by atoms with Crippen molar-refractivity contribution >= 4 is 17.2 Å². The van der Waals surface area contributed by atoms with Crippen LogP contribution in [0.2, 0.25) is 0 Å². The van der Waals surface area contributed by atoms with Gasteiger partial charge in [0.15, 0.2) is 0 Å². The van der Waals surface area contributed by atoms with Gasteiger partial charge in [-0.1, -0.05) is 6.07 Å². The van der Waals surface area contributed by atoms with Crippen molar-refractivity contribution in [2.24, 2.45) is 0 Å². The van der Waals surface area contributed by atoms with Crippen molar-refractivity contribution in [3.05, 3.63) is 39.3 Å². The van der Waals surface area contributed by atoms with Crippen molar-refractivity contribution < 1.29 is 14.3 Å². The number of hydrogen-bond acceptors (Lipinski definition) is 6. The second-order valence-electron chi connectivity index (χ2n) is 8.01. The van der Waals surface area contributed by atoms with Crippen molar-refractivity contribution in [1.29, 1.82) is 0 Å². The van der Waals surface area contributed by atoms with E-state index in [1.165, 1.54) is 23.4 Å². The molecule has 1 aliphatic heterocycles. The van der Waals surface area contributed by atoms with Crippen molar-refractivity contribution in [2.45, 2.75) is 51.8 Å². The Hall–Kier alpha value is -2.12. The monoisotopic (exact) mass is 415 g/mol. The molecule has 1 aromatic heterocycles. The maximum atomic E-state index is 12.9. The van der Waals surface area contributed by atoms with Crippen LogP contribution in [0.1, 0.15) is 40.9 Å². The quantitative estimate of drug-likeness (QED) is 0.750. The van der Waals surface area contributed by atoms with Crippen molar-refractivity contribution in [3.8, 4) is 11.5 Å². The summed E-state index contributed by atoms with van der Waals surface area (Å²) in [5, 5.41) is 1.05. The van der Waals surface area contributed by atoms with Crippen LogP contribution in [0.25, 0.3) is 0 Å². The molecule has 0 saturated carbocycles. The minimum atomic E-state index is 0.00662. The van der Waals surface area contributed by atoms with E-state index >= 15 is 0 Å². The summed E-state index contributed by atoms with van der Waals surface area (Å²) in [6.45, 7) is 4.40. The molecule has 29 heavy (non-hydrogen) atoms. The molecule has 0 radical (unpaired) electrons. The van der Waals surface area contributed by atoms with Crippen LogP contribution in [0.3, 0.4) is 0 Å². The Morgan fingerprint density at radius 1 is 1.38 bits per heavy atom. The molecule has 1 aliphatic carbocycles. The van der Waals surface area contributed by atoms with Crippen molar-refractivity contribution in [1.82, 2.24) is 14.8 Å². The van der Waals surface area contributed by atoms with Crippen molar-refractivity contribution in [3.63, 3.8) is 0 Å². The van der Waals surface area contributed by atoms with Crippen LogP contribution < -0.4 is 9.47 Å². The van der Waals surface area contributed by atoms with Crippen LogP contribution in [-0.2, 0) is 30.7 Å². The smallest absolute Gasteiger partial charge is 0.236 e. The highest BCUT2D eigenvalue weighted by Gasteiger charge is 2.24. The minimum absolute atomic E-state index is 0.00662. The van der Waals surface area contributed by atoms with Gasteiger partial charge in [0, 0.05) is 36.6 Å². The Labute approximate surface area is 176 Å². The van der Waals surface area contributed by atoms with Gasteiger partial charge in [-0.3, -0.25) is 9.69 Å². The fraction of sp³-hybridized carbons (Fsp3) is 0.545. The number of carbonyl (C=O) groups is 1. The van der Waals surface area contributed by atoms with Gasteiger partial charge < -0.3 is 14.4 Å². The van der Waals surface area contributed by atoms with E-state index in [1.807, 2.05) is 32.2 Å². The summed E-state index contributed by atoms with van der Waals surface area (Å²) in [6.07, 6.45) is 4.71. The van der Waals surface area contributed by atoms with Crippen LogP contribution in [0, 0.1) is 0 Å². The zero-order chi connectivity index (χ0) is 20.4. The molecule has 4 rings (SSSR count). The maximum absolute atomic E-state index is 12.9. The molecule has 2 heterocycles. The number of methoxy groups -OCH3 is 1. The molecule has 2 aromatic rings. The SMILES string of the molecule is COc1ccc2c(c1)OC(C)CN(CC(=O)N(C)Cc1nc3c(s1)CCCC3)C2. The topological polar surface area (TPSA) is 54.9 Å². The summed E-state index contributed by atoms with van der Waals surface area (Å²) in [4.78, 5) is 23.0. The third kappa shape index (κ3) is 4.73. The van der Waals surface area contributed by atoms with E-state index in [1.54, 1.807) is 23.3 Å². The molecule has 0 saturated heterocycles. The van der Waals surface area contributed by atoms with Gasteiger partial charge in [0.2, 0.25) is 5.91 Å². The number of rotatable bonds is 5. The number of nitrogens with zero attached hydrogens (tertiary/aromatic N) is 3. The molecular weight excluding hydrogens is 386 g/mol. The Morgan fingerprint density at radius 3 is 3.00 bits per heavy atom. The molecule has 7 heteroatoms. The first-order chi connectivity index (χ1) is 14.0. The lowest BCUT2D eigenvalue weighted by Gasteiger charge is -2.24. The molecule has 1 aromatic carbocycles. The van der Waals surface area contributed by atoms with Gasteiger partial charge in [-0.15, -0.1) is 11.3 Å². The Bertz CT molecular complexity index is 859. The van der Waals surface area contributed by atoms with Gasteiger partial charge in [0.1, 0.15) is 22.6 Å². The summed E-state index contributed by atoms with van der Waals surface area (Å²) >= 11 is 1.77. The number of amides is 1. The largest absolute Gasteiger partial charge is 0.497 e. The number of aryl methyl sites for hydroxylation is 2. The molecule has 156 valence electrons. The van der Waals surface area contributed by atoms with E-state index in [0.29, 0.717) is 26.2 Å². The lowest BCUT2D eigenvalue weighted by atomic mass is 10.0. The van der Waals surface area contributed by atoms with Gasteiger partial charge >= 0.3 is 0 Å². The average Bonchev–Trinajstić information content (AvgIpc) is 3.03. The lowest BCUT2D eigenvalue weighted by Crippen LogP contribution is -2.40.